The number of rotatable bonds is 6. The van der Waals surface area contributed by atoms with Gasteiger partial charge in [0.1, 0.15) is 5.75 Å². The molecule has 4 rings (SSSR count). The molecule has 1 aliphatic heterocycles. The molecule has 1 amide bonds. The zero-order valence-corrected chi connectivity index (χ0v) is 16.7. The second kappa shape index (κ2) is 8.12. The SMILES string of the molecule is COc1ccc(Cl)cc1NC(=O)CSc1nnc2n1CCN2c1ccccc1. The lowest BCUT2D eigenvalue weighted by atomic mass is 10.3. The van der Waals surface area contributed by atoms with Gasteiger partial charge in [-0.3, -0.25) is 9.36 Å². The fraction of sp³-hybridized carbons (Fsp3) is 0.211. The van der Waals surface area contributed by atoms with Gasteiger partial charge in [-0.1, -0.05) is 41.6 Å². The van der Waals surface area contributed by atoms with Gasteiger partial charge >= 0.3 is 0 Å². The predicted molar refractivity (Wildman–Crippen MR) is 111 cm³/mol. The van der Waals surface area contributed by atoms with E-state index in [0.717, 1.165) is 29.9 Å². The lowest BCUT2D eigenvalue weighted by Crippen LogP contribution is -2.15. The lowest BCUT2D eigenvalue weighted by molar-refractivity contribution is -0.113. The van der Waals surface area contributed by atoms with E-state index in [4.69, 9.17) is 16.3 Å². The van der Waals surface area contributed by atoms with Gasteiger partial charge in [-0.25, -0.2) is 0 Å². The molecule has 0 radical (unpaired) electrons. The van der Waals surface area contributed by atoms with Gasteiger partial charge in [0.2, 0.25) is 11.9 Å². The number of aromatic nitrogens is 3. The third kappa shape index (κ3) is 3.79. The molecule has 1 aliphatic rings. The number of nitrogens with one attached hydrogen (secondary N) is 1. The van der Waals surface area contributed by atoms with Gasteiger partial charge in [0, 0.05) is 23.8 Å². The highest BCUT2D eigenvalue weighted by Crippen LogP contribution is 2.32. The minimum absolute atomic E-state index is 0.166. The molecule has 0 saturated heterocycles. The minimum atomic E-state index is -0.166. The third-order valence-corrected chi connectivity index (χ3v) is 5.52. The van der Waals surface area contributed by atoms with E-state index in [1.54, 1.807) is 25.3 Å². The number of ether oxygens (including phenoxy) is 1. The van der Waals surface area contributed by atoms with Crippen LogP contribution in [0.5, 0.6) is 5.75 Å². The fourth-order valence-corrected chi connectivity index (χ4v) is 3.96. The van der Waals surface area contributed by atoms with E-state index in [-0.39, 0.29) is 11.7 Å². The predicted octanol–water partition coefficient (Wildman–Crippen LogP) is 3.82. The number of methoxy groups -OCH3 is 1. The molecule has 2 heterocycles. The minimum Gasteiger partial charge on any atom is -0.495 e. The molecule has 3 aromatic rings. The highest BCUT2D eigenvalue weighted by Gasteiger charge is 2.26. The number of thioether (sulfide) groups is 1. The quantitative estimate of drug-likeness (QED) is 0.617. The van der Waals surface area contributed by atoms with Crippen molar-refractivity contribution in [1.82, 2.24) is 14.8 Å². The second-order valence-corrected chi connectivity index (χ2v) is 7.48. The largest absolute Gasteiger partial charge is 0.495 e. The standard InChI is InChI=1S/C19H18ClN5O2S/c1-27-16-8-7-13(20)11-15(16)21-17(26)12-28-19-23-22-18-24(9-10-25(18)19)14-5-3-2-4-6-14/h2-8,11H,9-10,12H2,1H3,(H,21,26). The number of hydrogen-bond acceptors (Lipinski definition) is 6. The van der Waals surface area contributed by atoms with Crippen molar-refractivity contribution in [2.75, 3.05) is 29.6 Å². The summed E-state index contributed by atoms with van der Waals surface area (Å²) in [5.74, 6) is 1.40. The Labute approximate surface area is 171 Å². The molecular formula is C19H18ClN5O2S. The van der Waals surface area contributed by atoms with Gasteiger partial charge in [0.25, 0.3) is 0 Å². The van der Waals surface area contributed by atoms with Crippen molar-refractivity contribution in [3.63, 3.8) is 0 Å². The van der Waals surface area contributed by atoms with Crippen LogP contribution in [0, 0.1) is 0 Å². The van der Waals surface area contributed by atoms with E-state index in [1.165, 1.54) is 11.8 Å². The molecule has 0 unspecified atom stereocenters. The average molecular weight is 416 g/mol. The summed E-state index contributed by atoms with van der Waals surface area (Å²) in [6.07, 6.45) is 0. The summed E-state index contributed by atoms with van der Waals surface area (Å²) in [5.41, 5.74) is 1.62. The van der Waals surface area contributed by atoms with Crippen LogP contribution in [0.4, 0.5) is 17.3 Å². The monoisotopic (exact) mass is 415 g/mol. The summed E-state index contributed by atoms with van der Waals surface area (Å²) in [6.45, 7) is 1.61. The number of hydrogen-bond donors (Lipinski definition) is 1. The highest BCUT2D eigenvalue weighted by atomic mass is 35.5. The van der Waals surface area contributed by atoms with Crippen LogP contribution in [-0.4, -0.2) is 40.1 Å². The number of carbonyl (C=O) groups excluding carboxylic acids is 1. The zero-order chi connectivity index (χ0) is 19.5. The molecule has 0 fully saturated rings. The fourth-order valence-electron chi connectivity index (χ4n) is 3.03. The van der Waals surface area contributed by atoms with Gasteiger partial charge in [-0.15, -0.1) is 10.2 Å². The van der Waals surface area contributed by atoms with Gasteiger partial charge in [-0.05, 0) is 30.3 Å². The molecule has 0 aliphatic carbocycles. The lowest BCUT2D eigenvalue weighted by Gasteiger charge is -2.14. The normalized spacial score (nSPS) is 12.7. The first-order valence-corrected chi connectivity index (χ1v) is 10.0. The van der Waals surface area contributed by atoms with Crippen molar-refractivity contribution >= 4 is 46.6 Å². The summed E-state index contributed by atoms with van der Waals surface area (Å²) < 4.78 is 7.29. The number of anilines is 3. The number of benzene rings is 2. The Bertz CT molecular complexity index is 995. The number of amides is 1. The van der Waals surface area contributed by atoms with Crippen LogP contribution in [0.3, 0.4) is 0 Å². The summed E-state index contributed by atoms with van der Waals surface area (Å²) in [6, 6.07) is 15.2. The topological polar surface area (TPSA) is 72.3 Å². The Morgan fingerprint density at radius 1 is 1.21 bits per heavy atom. The molecule has 0 bridgehead atoms. The first kappa shape index (κ1) is 18.6. The Morgan fingerprint density at radius 2 is 2.04 bits per heavy atom. The summed E-state index contributed by atoms with van der Waals surface area (Å²) in [5, 5.41) is 12.6. The van der Waals surface area contributed by atoms with Crippen molar-refractivity contribution in [2.45, 2.75) is 11.7 Å². The van der Waals surface area contributed by atoms with Crippen molar-refractivity contribution in [3.05, 3.63) is 53.6 Å². The molecule has 9 heteroatoms. The Hall–Kier alpha value is -2.71. The Kier molecular flexibility index (Phi) is 5.40. The van der Waals surface area contributed by atoms with Crippen LogP contribution in [0.2, 0.25) is 5.02 Å². The van der Waals surface area contributed by atoms with Crippen molar-refractivity contribution in [3.8, 4) is 5.75 Å². The van der Waals surface area contributed by atoms with Crippen molar-refractivity contribution in [2.24, 2.45) is 0 Å². The van der Waals surface area contributed by atoms with Crippen LogP contribution in [0.1, 0.15) is 0 Å². The molecule has 144 valence electrons. The Balaban J connectivity index is 1.42. The summed E-state index contributed by atoms with van der Waals surface area (Å²) >= 11 is 7.36. The maximum atomic E-state index is 12.4. The third-order valence-electron chi connectivity index (χ3n) is 4.32. The number of para-hydroxylation sites is 1. The van der Waals surface area contributed by atoms with Gasteiger partial charge in [-0.2, -0.15) is 0 Å². The van der Waals surface area contributed by atoms with E-state index in [1.807, 2.05) is 34.9 Å². The van der Waals surface area contributed by atoms with E-state index < -0.39 is 0 Å². The average Bonchev–Trinajstić information content (AvgIpc) is 3.29. The molecular weight excluding hydrogens is 398 g/mol. The molecule has 0 atom stereocenters. The van der Waals surface area contributed by atoms with Crippen LogP contribution in [0.15, 0.2) is 53.7 Å². The highest BCUT2D eigenvalue weighted by molar-refractivity contribution is 7.99. The molecule has 1 N–H and O–H groups in total. The van der Waals surface area contributed by atoms with Gasteiger partial charge < -0.3 is 15.0 Å². The molecule has 0 saturated carbocycles. The van der Waals surface area contributed by atoms with E-state index in [0.29, 0.717) is 16.5 Å². The number of fused-ring (bicyclic) bond motifs is 1. The molecule has 2 aromatic carbocycles. The van der Waals surface area contributed by atoms with Crippen LogP contribution >= 0.6 is 23.4 Å². The first-order chi connectivity index (χ1) is 13.7. The number of halogens is 1. The smallest absolute Gasteiger partial charge is 0.234 e. The van der Waals surface area contributed by atoms with E-state index >= 15 is 0 Å². The first-order valence-electron chi connectivity index (χ1n) is 8.67. The second-order valence-electron chi connectivity index (χ2n) is 6.10. The van der Waals surface area contributed by atoms with E-state index in [9.17, 15) is 4.79 Å². The maximum Gasteiger partial charge on any atom is 0.234 e. The molecule has 1 aromatic heterocycles. The van der Waals surface area contributed by atoms with Crippen molar-refractivity contribution in [1.29, 1.82) is 0 Å². The molecule has 0 spiro atoms. The zero-order valence-electron chi connectivity index (χ0n) is 15.1. The van der Waals surface area contributed by atoms with E-state index in [2.05, 4.69) is 20.4 Å². The van der Waals surface area contributed by atoms with Crippen LogP contribution in [0.25, 0.3) is 0 Å². The van der Waals surface area contributed by atoms with Gasteiger partial charge in [0.15, 0.2) is 5.16 Å². The molecule has 7 nitrogen and oxygen atoms in total. The van der Waals surface area contributed by atoms with Gasteiger partial charge in [0.05, 0.1) is 18.6 Å². The van der Waals surface area contributed by atoms with Crippen LogP contribution in [-0.2, 0) is 11.3 Å². The molecule has 28 heavy (non-hydrogen) atoms. The Morgan fingerprint density at radius 3 is 2.82 bits per heavy atom. The van der Waals surface area contributed by atoms with Crippen LogP contribution < -0.4 is 15.0 Å². The summed E-state index contributed by atoms with van der Waals surface area (Å²) in [7, 11) is 1.55. The summed E-state index contributed by atoms with van der Waals surface area (Å²) in [4.78, 5) is 14.5. The number of nitrogens with zero attached hydrogens (tertiary/aromatic N) is 4. The van der Waals surface area contributed by atoms with Crippen molar-refractivity contribution < 1.29 is 9.53 Å². The maximum absolute atomic E-state index is 12.4. The number of carbonyl (C=O) groups is 1.